The number of aryl methyl sites for hydroxylation is 1. The molecule has 31 heavy (non-hydrogen) atoms. The van der Waals surface area contributed by atoms with Crippen LogP contribution in [0.3, 0.4) is 0 Å². The average molecular weight is 459 g/mol. The van der Waals surface area contributed by atoms with Gasteiger partial charge in [-0.25, -0.2) is 13.2 Å². The number of benzene rings is 2. The topological polar surface area (TPSA) is 127 Å². The number of nitrogens with one attached hydrogen (secondary N) is 1. The molecule has 4 N–H and O–H groups in total. The molecule has 1 amide bonds. The van der Waals surface area contributed by atoms with E-state index in [1.165, 1.54) is 47.5 Å². The summed E-state index contributed by atoms with van der Waals surface area (Å²) in [6.45, 7) is 0. The smallest absolute Gasteiger partial charge is 0.348 e. The van der Waals surface area contributed by atoms with E-state index in [2.05, 4.69) is 10.8 Å². The van der Waals surface area contributed by atoms with E-state index in [4.69, 9.17) is 10.8 Å². The van der Waals surface area contributed by atoms with Crippen LogP contribution in [0.25, 0.3) is 0 Å². The third-order valence-corrected chi connectivity index (χ3v) is 7.10. The number of thiophene rings is 1. The highest BCUT2D eigenvalue weighted by atomic mass is 32.2. The van der Waals surface area contributed by atoms with Crippen LogP contribution in [-0.4, -0.2) is 25.4 Å². The molecule has 0 fully saturated rings. The first kappa shape index (κ1) is 22.5. The second-order valence-corrected chi connectivity index (χ2v) is 9.50. The van der Waals surface area contributed by atoms with Gasteiger partial charge in [0.1, 0.15) is 4.88 Å². The predicted octanol–water partition coefficient (Wildman–Crippen LogP) is 3.91. The third kappa shape index (κ3) is 5.50. The van der Waals surface area contributed by atoms with Crippen molar-refractivity contribution in [2.24, 2.45) is 5.73 Å². The van der Waals surface area contributed by atoms with Gasteiger partial charge in [-0.15, -0.1) is 11.3 Å². The number of fused-ring (bicyclic) bond motifs is 1. The highest BCUT2D eigenvalue weighted by Gasteiger charge is 2.19. The van der Waals surface area contributed by atoms with Gasteiger partial charge in [0.05, 0.1) is 10.6 Å². The SMILES string of the molecule is NC(=O)c1cccc2c1CCCC2.O=C(O)c1sccc1NS(=O)(=O)c1ccccc1. The lowest BCUT2D eigenvalue weighted by molar-refractivity contribution is 0.0703. The highest BCUT2D eigenvalue weighted by molar-refractivity contribution is 7.92. The van der Waals surface area contributed by atoms with Gasteiger partial charge in [-0.05, 0) is 66.5 Å². The number of sulfonamides is 1. The van der Waals surface area contributed by atoms with Crippen LogP contribution >= 0.6 is 11.3 Å². The number of anilines is 1. The van der Waals surface area contributed by atoms with E-state index in [-0.39, 0.29) is 21.4 Å². The summed E-state index contributed by atoms with van der Waals surface area (Å²) >= 11 is 0.967. The van der Waals surface area contributed by atoms with Gasteiger partial charge >= 0.3 is 5.97 Å². The second-order valence-electron chi connectivity index (χ2n) is 6.90. The summed E-state index contributed by atoms with van der Waals surface area (Å²) in [5.74, 6) is -1.45. The molecule has 1 aliphatic carbocycles. The van der Waals surface area contributed by atoms with Gasteiger partial charge in [0.25, 0.3) is 10.0 Å². The molecule has 2 aromatic carbocycles. The Morgan fingerprint density at radius 3 is 2.35 bits per heavy atom. The van der Waals surface area contributed by atoms with Crippen molar-refractivity contribution < 1.29 is 23.1 Å². The number of hydrogen-bond donors (Lipinski definition) is 3. The number of carbonyl (C=O) groups is 2. The second kappa shape index (κ2) is 9.76. The van der Waals surface area contributed by atoms with Crippen LogP contribution in [0.5, 0.6) is 0 Å². The molecule has 7 nitrogen and oxygen atoms in total. The molecule has 9 heteroatoms. The first-order valence-corrected chi connectivity index (χ1v) is 11.9. The van der Waals surface area contributed by atoms with Gasteiger partial charge in [0.2, 0.25) is 5.91 Å². The van der Waals surface area contributed by atoms with Gasteiger partial charge in [-0.1, -0.05) is 30.3 Å². The number of hydrogen-bond acceptors (Lipinski definition) is 5. The zero-order chi connectivity index (χ0) is 22.4. The minimum atomic E-state index is -3.75. The van der Waals surface area contributed by atoms with E-state index in [0.717, 1.165) is 29.7 Å². The molecule has 1 aliphatic rings. The lowest BCUT2D eigenvalue weighted by Gasteiger charge is -2.17. The number of aromatic carboxylic acids is 1. The molecule has 0 saturated heterocycles. The van der Waals surface area contributed by atoms with Gasteiger partial charge < -0.3 is 10.8 Å². The monoisotopic (exact) mass is 458 g/mol. The Morgan fingerprint density at radius 1 is 0.968 bits per heavy atom. The van der Waals surface area contributed by atoms with Crippen molar-refractivity contribution in [3.63, 3.8) is 0 Å². The average Bonchev–Trinajstić information content (AvgIpc) is 3.22. The molecular weight excluding hydrogens is 436 g/mol. The maximum absolute atomic E-state index is 12.0. The van der Waals surface area contributed by atoms with Crippen LogP contribution in [0.2, 0.25) is 0 Å². The lowest BCUT2D eigenvalue weighted by atomic mass is 9.88. The summed E-state index contributed by atoms with van der Waals surface area (Å²) in [4.78, 5) is 22.0. The Balaban J connectivity index is 0.000000185. The van der Waals surface area contributed by atoms with Crippen molar-refractivity contribution in [3.8, 4) is 0 Å². The van der Waals surface area contributed by atoms with Crippen molar-refractivity contribution in [3.05, 3.63) is 81.5 Å². The Bertz CT molecular complexity index is 1190. The van der Waals surface area contributed by atoms with E-state index < -0.39 is 16.0 Å². The van der Waals surface area contributed by atoms with Crippen molar-refractivity contribution in [1.29, 1.82) is 0 Å². The summed E-state index contributed by atoms with van der Waals surface area (Å²) in [5, 5.41) is 10.4. The molecule has 0 aliphatic heterocycles. The highest BCUT2D eigenvalue weighted by Crippen LogP contribution is 2.25. The summed E-state index contributed by atoms with van der Waals surface area (Å²) in [7, 11) is -3.75. The molecule has 162 valence electrons. The molecule has 4 rings (SSSR count). The Hall–Kier alpha value is -3.17. The van der Waals surface area contributed by atoms with Gasteiger partial charge in [-0.2, -0.15) is 0 Å². The van der Waals surface area contributed by atoms with Crippen molar-refractivity contribution in [2.75, 3.05) is 4.72 Å². The number of carbonyl (C=O) groups excluding carboxylic acids is 1. The van der Waals surface area contributed by atoms with Gasteiger partial charge in [0, 0.05) is 5.56 Å². The number of carboxylic acid groups (broad SMARTS) is 1. The first-order valence-electron chi connectivity index (χ1n) is 9.59. The molecule has 3 aromatic rings. The van der Waals surface area contributed by atoms with E-state index >= 15 is 0 Å². The maximum Gasteiger partial charge on any atom is 0.348 e. The van der Waals surface area contributed by atoms with E-state index in [0.29, 0.717) is 0 Å². The zero-order valence-electron chi connectivity index (χ0n) is 16.6. The number of carboxylic acids is 1. The van der Waals surface area contributed by atoms with Crippen molar-refractivity contribution >= 4 is 38.9 Å². The molecule has 1 aromatic heterocycles. The normalized spacial score (nSPS) is 12.8. The van der Waals surface area contributed by atoms with E-state index in [9.17, 15) is 18.0 Å². The van der Waals surface area contributed by atoms with Crippen LogP contribution in [0.4, 0.5) is 5.69 Å². The van der Waals surface area contributed by atoms with Crippen molar-refractivity contribution in [1.82, 2.24) is 0 Å². The summed E-state index contributed by atoms with van der Waals surface area (Å²) < 4.78 is 26.2. The summed E-state index contributed by atoms with van der Waals surface area (Å²) in [6, 6.07) is 15.0. The fourth-order valence-corrected chi connectivity index (χ4v) is 5.22. The number of rotatable bonds is 5. The fourth-order valence-electron chi connectivity index (χ4n) is 3.37. The molecule has 0 atom stereocenters. The summed E-state index contributed by atoms with van der Waals surface area (Å²) in [5.41, 5.74) is 8.59. The Labute approximate surface area is 184 Å². The van der Waals surface area contributed by atoms with Crippen LogP contribution < -0.4 is 10.5 Å². The fraction of sp³-hybridized carbons (Fsp3) is 0.182. The van der Waals surface area contributed by atoms with Crippen LogP contribution in [0.1, 0.15) is 44.0 Å². The van der Waals surface area contributed by atoms with Crippen LogP contribution in [0.15, 0.2) is 64.9 Å². The van der Waals surface area contributed by atoms with Crippen LogP contribution in [0, 0.1) is 0 Å². The minimum absolute atomic E-state index is 0.0329. The first-order chi connectivity index (χ1) is 14.8. The van der Waals surface area contributed by atoms with Crippen LogP contribution in [-0.2, 0) is 22.9 Å². The lowest BCUT2D eigenvalue weighted by Crippen LogP contribution is -2.16. The molecular formula is C22H22N2O5S2. The minimum Gasteiger partial charge on any atom is -0.477 e. The molecule has 0 saturated carbocycles. The number of primary amides is 1. The Kier molecular flexibility index (Phi) is 7.09. The molecule has 0 bridgehead atoms. The Morgan fingerprint density at radius 2 is 1.68 bits per heavy atom. The number of amides is 1. The molecule has 0 unspecified atom stereocenters. The summed E-state index contributed by atoms with van der Waals surface area (Å²) in [6.07, 6.45) is 4.51. The quantitative estimate of drug-likeness (QED) is 0.534. The van der Waals surface area contributed by atoms with E-state index in [1.54, 1.807) is 18.2 Å². The standard InChI is InChI=1S/C11H9NO4S2.C11H13NO/c13-11(14)10-9(6-7-17-10)12-18(15,16)8-4-2-1-3-5-8;12-11(13)10-7-3-5-8-4-1-2-6-9(8)10/h1-7,12H,(H,13,14);3,5,7H,1-2,4,6H2,(H2,12,13). The van der Waals surface area contributed by atoms with Gasteiger partial charge in [0.15, 0.2) is 0 Å². The number of nitrogens with two attached hydrogens (primary N) is 1. The zero-order valence-corrected chi connectivity index (χ0v) is 18.2. The third-order valence-electron chi connectivity index (χ3n) is 4.82. The predicted molar refractivity (Wildman–Crippen MR) is 120 cm³/mol. The van der Waals surface area contributed by atoms with Crippen molar-refractivity contribution in [2.45, 2.75) is 30.6 Å². The molecule has 1 heterocycles. The van der Waals surface area contributed by atoms with E-state index in [1.807, 2.05) is 12.1 Å². The largest absolute Gasteiger partial charge is 0.477 e. The maximum atomic E-state index is 12.0. The van der Waals surface area contributed by atoms with Gasteiger partial charge in [-0.3, -0.25) is 9.52 Å². The molecule has 0 spiro atoms. The molecule has 0 radical (unpaired) electrons.